The van der Waals surface area contributed by atoms with E-state index in [0.717, 1.165) is 23.9 Å². The summed E-state index contributed by atoms with van der Waals surface area (Å²) in [6.45, 7) is 0. The van der Waals surface area contributed by atoms with Crippen LogP contribution in [0.1, 0.15) is 15.9 Å². The van der Waals surface area contributed by atoms with Crippen LogP contribution in [0.2, 0.25) is 0 Å². The first-order valence-corrected chi connectivity index (χ1v) is 6.09. The Kier molecular flexibility index (Phi) is 3.93. The Balaban J connectivity index is 2.41. The van der Waals surface area contributed by atoms with Crippen LogP contribution < -0.4 is 0 Å². The number of benzene rings is 1. The number of aromatic nitrogens is 2. The van der Waals surface area contributed by atoms with Crippen molar-refractivity contribution in [1.82, 2.24) is 9.97 Å². The zero-order valence-electron chi connectivity index (χ0n) is 9.76. The summed E-state index contributed by atoms with van der Waals surface area (Å²) in [4.78, 5) is 19.0. The lowest BCUT2D eigenvalue weighted by atomic mass is 10.1. The van der Waals surface area contributed by atoms with Gasteiger partial charge in [0.25, 0.3) is 0 Å². The zero-order valence-corrected chi connectivity index (χ0v) is 10.6. The number of carbonyl (C=O) groups is 1. The predicted octanol–water partition coefficient (Wildman–Crippen LogP) is 3.34. The molecule has 0 aliphatic heterocycles. The number of hydrogen-bond acceptors (Lipinski definition) is 4. The van der Waals surface area contributed by atoms with Gasteiger partial charge in [-0.25, -0.2) is 14.8 Å². The van der Waals surface area contributed by atoms with Crippen molar-refractivity contribution in [2.24, 2.45) is 0 Å². The molecule has 0 unspecified atom stereocenters. The van der Waals surface area contributed by atoms with Gasteiger partial charge in [-0.1, -0.05) is 0 Å². The van der Waals surface area contributed by atoms with Gasteiger partial charge < -0.3 is 5.11 Å². The van der Waals surface area contributed by atoms with Crippen molar-refractivity contribution in [3.05, 3.63) is 47.8 Å². The molecule has 104 valence electrons. The highest BCUT2D eigenvalue weighted by atomic mass is 32.2. The molecule has 0 spiro atoms. The van der Waals surface area contributed by atoms with E-state index in [1.54, 1.807) is 6.07 Å². The Morgan fingerprint density at radius 2 is 1.85 bits per heavy atom. The van der Waals surface area contributed by atoms with Crippen LogP contribution in [0.3, 0.4) is 0 Å². The third kappa shape index (κ3) is 3.27. The fraction of sp³-hybridized carbons (Fsp3) is 0.0833. The predicted molar refractivity (Wildman–Crippen MR) is 64.6 cm³/mol. The van der Waals surface area contributed by atoms with Crippen LogP contribution in [0.5, 0.6) is 0 Å². The lowest BCUT2D eigenvalue weighted by molar-refractivity contribution is -0.137. The van der Waals surface area contributed by atoms with Crippen molar-refractivity contribution in [2.45, 2.75) is 16.2 Å². The van der Waals surface area contributed by atoms with E-state index in [4.69, 9.17) is 5.11 Å². The van der Waals surface area contributed by atoms with E-state index < -0.39 is 23.3 Å². The summed E-state index contributed by atoms with van der Waals surface area (Å²) in [6.07, 6.45) is -1.67. The van der Waals surface area contributed by atoms with Gasteiger partial charge in [0.15, 0.2) is 5.16 Å². The molecule has 1 heterocycles. The number of alkyl halides is 3. The molecule has 2 aromatic rings. The number of rotatable bonds is 3. The Morgan fingerprint density at radius 1 is 1.20 bits per heavy atom. The Bertz CT molecular complexity index is 632. The molecule has 8 heteroatoms. The molecular formula is C12H7F3N2O2S. The maximum atomic E-state index is 12.6. The minimum Gasteiger partial charge on any atom is -0.478 e. The molecular weight excluding hydrogens is 293 g/mol. The van der Waals surface area contributed by atoms with Gasteiger partial charge in [-0.05, 0) is 36.0 Å². The quantitative estimate of drug-likeness (QED) is 0.881. The summed E-state index contributed by atoms with van der Waals surface area (Å²) in [5.41, 5.74) is -1.44. The first kappa shape index (κ1) is 14.3. The topological polar surface area (TPSA) is 63.1 Å². The summed E-state index contributed by atoms with van der Waals surface area (Å²) >= 11 is 0.891. The molecule has 4 nitrogen and oxygen atoms in total. The maximum Gasteiger partial charge on any atom is 0.416 e. The second-order valence-electron chi connectivity index (χ2n) is 3.65. The smallest absolute Gasteiger partial charge is 0.416 e. The van der Waals surface area contributed by atoms with Crippen molar-refractivity contribution in [3.63, 3.8) is 0 Å². The lowest BCUT2D eigenvalue weighted by Crippen LogP contribution is -2.08. The molecule has 0 bridgehead atoms. The van der Waals surface area contributed by atoms with Gasteiger partial charge in [0, 0.05) is 17.3 Å². The molecule has 0 aliphatic carbocycles. The average molecular weight is 300 g/mol. The molecule has 0 amide bonds. The number of halogens is 3. The van der Waals surface area contributed by atoms with E-state index >= 15 is 0 Å². The SMILES string of the molecule is O=C(O)c1cc(C(F)(F)F)ccc1Sc1ncccn1. The molecule has 2 rings (SSSR count). The van der Waals surface area contributed by atoms with Gasteiger partial charge in [0.1, 0.15) is 0 Å². The van der Waals surface area contributed by atoms with E-state index in [1.807, 2.05) is 0 Å². The van der Waals surface area contributed by atoms with Gasteiger partial charge in [-0.2, -0.15) is 13.2 Å². The van der Waals surface area contributed by atoms with Gasteiger partial charge in [0.05, 0.1) is 11.1 Å². The second-order valence-corrected chi connectivity index (χ2v) is 4.66. The summed E-state index contributed by atoms with van der Waals surface area (Å²) < 4.78 is 37.7. The van der Waals surface area contributed by atoms with Crippen molar-refractivity contribution in [1.29, 1.82) is 0 Å². The summed E-state index contributed by atoms with van der Waals surface area (Å²) in [6, 6.07) is 4.12. The standard InChI is InChI=1S/C12H7F3N2O2S/c13-12(14,15)7-2-3-9(8(6-7)10(18)19)20-11-16-4-1-5-17-11/h1-6H,(H,18,19). The third-order valence-corrected chi connectivity index (χ3v) is 3.25. The van der Waals surface area contributed by atoms with E-state index in [-0.39, 0.29) is 10.1 Å². The average Bonchev–Trinajstić information content (AvgIpc) is 2.38. The number of carboxylic acids is 1. The van der Waals surface area contributed by atoms with Gasteiger partial charge in [-0.15, -0.1) is 0 Å². The largest absolute Gasteiger partial charge is 0.478 e. The van der Waals surface area contributed by atoms with E-state index in [9.17, 15) is 18.0 Å². The fourth-order valence-corrected chi connectivity index (χ4v) is 2.22. The van der Waals surface area contributed by atoms with Crippen LogP contribution >= 0.6 is 11.8 Å². The van der Waals surface area contributed by atoms with Crippen molar-refractivity contribution < 1.29 is 23.1 Å². The van der Waals surface area contributed by atoms with Crippen LogP contribution in [0.4, 0.5) is 13.2 Å². The van der Waals surface area contributed by atoms with Gasteiger partial charge in [0.2, 0.25) is 0 Å². The van der Waals surface area contributed by atoms with Crippen LogP contribution in [-0.2, 0) is 6.18 Å². The highest BCUT2D eigenvalue weighted by Crippen LogP contribution is 2.34. The summed E-state index contributed by atoms with van der Waals surface area (Å²) in [5.74, 6) is -1.44. The molecule has 0 atom stereocenters. The minimum absolute atomic E-state index is 0.150. The molecule has 1 N–H and O–H groups in total. The normalized spacial score (nSPS) is 11.3. The van der Waals surface area contributed by atoms with Crippen LogP contribution in [0.25, 0.3) is 0 Å². The number of hydrogen-bond donors (Lipinski definition) is 1. The van der Waals surface area contributed by atoms with Crippen molar-refractivity contribution in [3.8, 4) is 0 Å². The zero-order chi connectivity index (χ0) is 14.8. The highest BCUT2D eigenvalue weighted by molar-refractivity contribution is 7.99. The molecule has 0 saturated carbocycles. The van der Waals surface area contributed by atoms with E-state index in [1.165, 1.54) is 12.4 Å². The Hall–Kier alpha value is -2.09. The van der Waals surface area contributed by atoms with Crippen LogP contribution in [0.15, 0.2) is 46.7 Å². The lowest BCUT2D eigenvalue weighted by Gasteiger charge is -2.10. The van der Waals surface area contributed by atoms with Gasteiger partial charge in [-0.3, -0.25) is 0 Å². The highest BCUT2D eigenvalue weighted by Gasteiger charge is 2.32. The number of aromatic carboxylic acids is 1. The third-order valence-electron chi connectivity index (χ3n) is 2.28. The fourth-order valence-electron chi connectivity index (χ4n) is 1.40. The number of nitrogens with zero attached hydrogens (tertiary/aromatic N) is 2. The molecule has 0 fully saturated rings. The van der Waals surface area contributed by atoms with E-state index in [0.29, 0.717) is 6.07 Å². The summed E-state index contributed by atoms with van der Waals surface area (Å²) in [5, 5.41) is 9.27. The molecule has 1 aromatic carbocycles. The van der Waals surface area contributed by atoms with Gasteiger partial charge >= 0.3 is 12.1 Å². The monoisotopic (exact) mass is 300 g/mol. The molecule has 20 heavy (non-hydrogen) atoms. The molecule has 0 radical (unpaired) electrons. The minimum atomic E-state index is -4.59. The Labute approximate surface area is 115 Å². The van der Waals surface area contributed by atoms with Crippen LogP contribution in [0, 0.1) is 0 Å². The molecule has 0 aliphatic rings. The second kappa shape index (κ2) is 5.49. The maximum absolute atomic E-state index is 12.6. The summed E-state index contributed by atoms with van der Waals surface area (Å²) in [7, 11) is 0. The number of carboxylic acid groups (broad SMARTS) is 1. The Morgan fingerprint density at radius 3 is 2.40 bits per heavy atom. The van der Waals surface area contributed by atoms with Crippen LogP contribution in [-0.4, -0.2) is 21.0 Å². The van der Waals surface area contributed by atoms with Crippen molar-refractivity contribution in [2.75, 3.05) is 0 Å². The van der Waals surface area contributed by atoms with Crippen molar-refractivity contribution >= 4 is 17.7 Å². The molecule has 1 aromatic heterocycles. The first-order valence-electron chi connectivity index (χ1n) is 5.27. The van der Waals surface area contributed by atoms with E-state index in [2.05, 4.69) is 9.97 Å². The first-order chi connectivity index (χ1) is 9.38. The molecule has 0 saturated heterocycles.